The second kappa shape index (κ2) is 6.34. The van der Waals surface area contributed by atoms with E-state index < -0.39 is 0 Å². The van der Waals surface area contributed by atoms with E-state index in [4.69, 9.17) is 0 Å². The maximum absolute atomic E-state index is 11.8. The molecule has 1 unspecified atom stereocenters. The second-order valence-electron chi connectivity index (χ2n) is 4.36. The van der Waals surface area contributed by atoms with E-state index >= 15 is 0 Å². The number of nitrogens with one attached hydrogen (secondary N) is 2. The summed E-state index contributed by atoms with van der Waals surface area (Å²) < 4.78 is 0. The predicted molar refractivity (Wildman–Crippen MR) is 65.7 cm³/mol. The maximum Gasteiger partial charge on any atom is 0.242 e. The molecule has 0 radical (unpaired) electrons. The Bertz CT molecular complexity index is 345. The van der Waals surface area contributed by atoms with Crippen molar-refractivity contribution in [3.63, 3.8) is 0 Å². The molecule has 1 rings (SSSR count). The number of hydrogen-bond donors (Lipinski definition) is 2. The van der Waals surface area contributed by atoms with Crippen LogP contribution < -0.4 is 10.6 Å². The minimum Gasteiger partial charge on any atom is -0.358 e. The Labute approximate surface area is 106 Å². The van der Waals surface area contributed by atoms with Gasteiger partial charge in [0.1, 0.15) is 6.04 Å². The highest BCUT2D eigenvalue weighted by atomic mass is 16.2. The van der Waals surface area contributed by atoms with Crippen molar-refractivity contribution in [3.8, 4) is 0 Å². The number of nitrogens with zero attached hydrogens (tertiary/aromatic N) is 2. The molecule has 0 aromatic heterocycles. The fourth-order valence-corrected chi connectivity index (χ4v) is 1.86. The van der Waals surface area contributed by atoms with Gasteiger partial charge in [0.05, 0.1) is 6.54 Å². The summed E-state index contributed by atoms with van der Waals surface area (Å²) in [5.41, 5.74) is 0. The van der Waals surface area contributed by atoms with Crippen LogP contribution in [0.25, 0.3) is 0 Å². The van der Waals surface area contributed by atoms with Crippen LogP contribution in [0, 0.1) is 0 Å². The third-order valence-electron chi connectivity index (χ3n) is 3.04. The van der Waals surface area contributed by atoms with Gasteiger partial charge in [-0.25, -0.2) is 0 Å². The van der Waals surface area contributed by atoms with E-state index in [0.717, 1.165) is 0 Å². The Hall–Kier alpha value is -1.63. The Morgan fingerprint density at radius 1 is 1.28 bits per heavy atom. The normalized spacial score (nSPS) is 20.4. The van der Waals surface area contributed by atoms with Gasteiger partial charge in [-0.3, -0.25) is 19.3 Å². The molecule has 1 saturated heterocycles. The average Bonchev–Trinajstić information content (AvgIpc) is 2.35. The number of carbonyl (C=O) groups is 3. The van der Waals surface area contributed by atoms with Gasteiger partial charge in [-0.2, -0.15) is 0 Å². The van der Waals surface area contributed by atoms with Crippen LogP contribution in [-0.2, 0) is 14.4 Å². The summed E-state index contributed by atoms with van der Waals surface area (Å²) in [7, 11) is 3.43. The zero-order chi connectivity index (χ0) is 13.7. The lowest BCUT2D eigenvalue weighted by Gasteiger charge is -2.38. The molecule has 0 aliphatic carbocycles. The highest BCUT2D eigenvalue weighted by Gasteiger charge is 2.31. The predicted octanol–water partition coefficient (Wildman–Crippen LogP) is -1.99. The molecule has 0 aromatic rings. The standard InChI is InChI=1S/C11H20N4O3/c1-8(16)13-6-10(17)15-5-4-14(3)9(7-15)11(18)12-2/h9H,4-7H2,1-3H3,(H,12,18)(H,13,16). The summed E-state index contributed by atoms with van der Waals surface area (Å²) in [5.74, 6) is -0.498. The highest BCUT2D eigenvalue weighted by Crippen LogP contribution is 2.07. The molecule has 1 aliphatic rings. The largest absolute Gasteiger partial charge is 0.358 e. The molecule has 1 aliphatic heterocycles. The second-order valence-corrected chi connectivity index (χ2v) is 4.36. The van der Waals surface area contributed by atoms with Crippen molar-refractivity contribution in [1.82, 2.24) is 20.4 Å². The molecule has 1 atom stereocenters. The van der Waals surface area contributed by atoms with Gasteiger partial charge >= 0.3 is 0 Å². The Kier molecular flexibility index (Phi) is 5.08. The minimum absolute atomic E-state index is 0.0144. The Morgan fingerprint density at radius 2 is 1.94 bits per heavy atom. The minimum atomic E-state index is -0.329. The molecule has 0 spiro atoms. The summed E-state index contributed by atoms with van der Waals surface area (Å²) in [5, 5.41) is 5.05. The van der Waals surface area contributed by atoms with Crippen LogP contribution in [0.4, 0.5) is 0 Å². The summed E-state index contributed by atoms with van der Waals surface area (Å²) in [4.78, 5) is 37.8. The lowest BCUT2D eigenvalue weighted by Crippen LogP contribution is -2.59. The van der Waals surface area contributed by atoms with Crippen LogP contribution in [0.1, 0.15) is 6.92 Å². The molecule has 0 aromatic carbocycles. The zero-order valence-corrected chi connectivity index (χ0v) is 11.0. The van der Waals surface area contributed by atoms with Gasteiger partial charge in [0.25, 0.3) is 0 Å². The molecule has 2 N–H and O–H groups in total. The number of amides is 3. The third kappa shape index (κ3) is 3.69. The SMILES string of the molecule is CNC(=O)C1CN(C(=O)CNC(C)=O)CCN1C. The first kappa shape index (κ1) is 14.4. The summed E-state index contributed by atoms with van der Waals surface area (Å²) in [6, 6.07) is -0.329. The van der Waals surface area contributed by atoms with Gasteiger partial charge < -0.3 is 15.5 Å². The van der Waals surface area contributed by atoms with Crippen LogP contribution in [0.2, 0.25) is 0 Å². The average molecular weight is 256 g/mol. The molecule has 7 nitrogen and oxygen atoms in total. The molecule has 18 heavy (non-hydrogen) atoms. The highest BCUT2D eigenvalue weighted by molar-refractivity contribution is 5.86. The Balaban J connectivity index is 2.55. The summed E-state index contributed by atoms with van der Waals surface area (Å²) in [6.07, 6.45) is 0. The lowest BCUT2D eigenvalue weighted by atomic mass is 10.1. The van der Waals surface area contributed by atoms with Gasteiger partial charge in [0.15, 0.2) is 0 Å². The van der Waals surface area contributed by atoms with Gasteiger partial charge in [0, 0.05) is 33.6 Å². The van der Waals surface area contributed by atoms with Crippen molar-refractivity contribution in [2.45, 2.75) is 13.0 Å². The van der Waals surface area contributed by atoms with E-state index in [1.165, 1.54) is 6.92 Å². The molecule has 7 heteroatoms. The van der Waals surface area contributed by atoms with Gasteiger partial charge in [-0.15, -0.1) is 0 Å². The third-order valence-corrected chi connectivity index (χ3v) is 3.04. The van der Waals surface area contributed by atoms with Crippen molar-refractivity contribution < 1.29 is 14.4 Å². The summed E-state index contributed by atoms with van der Waals surface area (Å²) in [6.45, 7) is 2.92. The first-order valence-corrected chi connectivity index (χ1v) is 5.89. The number of carbonyl (C=O) groups excluding carboxylic acids is 3. The van der Waals surface area contributed by atoms with Crippen molar-refractivity contribution in [2.75, 3.05) is 40.3 Å². The van der Waals surface area contributed by atoms with Gasteiger partial charge in [-0.05, 0) is 7.05 Å². The van der Waals surface area contributed by atoms with Crippen molar-refractivity contribution in [3.05, 3.63) is 0 Å². The van der Waals surface area contributed by atoms with Crippen molar-refractivity contribution in [2.24, 2.45) is 0 Å². The van der Waals surface area contributed by atoms with E-state index in [-0.39, 0.29) is 30.3 Å². The molecule has 1 fully saturated rings. The number of rotatable bonds is 3. The number of piperazine rings is 1. The molecular formula is C11H20N4O3. The quantitative estimate of drug-likeness (QED) is 0.612. The first-order valence-electron chi connectivity index (χ1n) is 5.89. The molecule has 0 saturated carbocycles. The van der Waals surface area contributed by atoms with Crippen molar-refractivity contribution in [1.29, 1.82) is 0 Å². The van der Waals surface area contributed by atoms with E-state index in [9.17, 15) is 14.4 Å². The van der Waals surface area contributed by atoms with E-state index in [2.05, 4.69) is 10.6 Å². The molecule has 3 amide bonds. The summed E-state index contributed by atoms with van der Waals surface area (Å²) >= 11 is 0. The van der Waals surface area contributed by atoms with Crippen LogP contribution in [0.15, 0.2) is 0 Å². The lowest BCUT2D eigenvalue weighted by molar-refractivity contribution is -0.138. The molecule has 102 valence electrons. The van der Waals surface area contributed by atoms with Crippen LogP contribution >= 0.6 is 0 Å². The van der Waals surface area contributed by atoms with Crippen LogP contribution in [0.5, 0.6) is 0 Å². The fraction of sp³-hybridized carbons (Fsp3) is 0.727. The van der Waals surface area contributed by atoms with Gasteiger partial charge in [-0.1, -0.05) is 0 Å². The topological polar surface area (TPSA) is 81.8 Å². The maximum atomic E-state index is 11.8. The van der Waals surface area contributed by atoms with Gasteiger partial charge in [0.2, 0.25) is 17.7 Å². The first-order chi connectivity index (χ1) is 8.45. The van der Waals surface area contributed by atoms with Crippen LogP contribution in [-0.4, -0.2) is 73.8 Å². The van der Waals surface area contributed by atoms with E-state index in [1.807, 2.05) is 11.9 Å². The van der Waals surface area contributed by atoms with E-state index in [0.29, 0.717) is 19.6 Å². The molecule has 1 heterocycles. The Morgan fingerprint density at radius 3 is 2.50 bits per heavy atom. The van der Waals surface area contributed by atoms with Crippen LogP contribution in [0.3, 0.4) is 0 Å². The molecular weight excluding hydrogens is 236 g/mol. The fourth-order valence-electron chi connectivity index (χ4n) is 1.86. The zero-order valence-electron chi connectivity index (χ0n) is 11.0. The molecule has 0 bridgehead atoms. The van der Waals surface area contributed by atoms with Crippen molar-refractivity contribution >= 4 is 17.7 Å². The monoisotopic (exact) mass is 256 g/mol. The number of likely N-dealkylation sites (N-methyl/N-ethyl adjacent to an activating group) is 2. The van der Waals surface area contributed by atoms with E-state index in [1.54, 1.807) is 11.9 Å². The smallest absolute Gasteiger partial charge is 0.242 e. The number of hydrogen-bond acceptors (Lipinski definition) is 4.